The third-order valence-electron chi connectivity index (χ3n) is 6.41. The van der Waals surface area contributed by atoms with Crippen LogP contribution in [0.5, 0.6) is 0 Å². The summed E-state index contributed by atoms with van der Waals surface area (Å²) in [6, 6.07) is 10.4. The standard InChI is InChI=1S/C25H30N6OS/c1-4-31-23-20(16-21(24(31)32)22-6-5-15-33-22)17(2)26-25(28-23)27-18-7-9-19(10-8-18)30-13-11-29(3)12-14-30/h6-10,16H,4-5,11-15H2,1-3H3,(H,26,27,28). The Morgan fingerprint density at radius 3 is 2.52 bits per heavy atom. The van der Waals surface area contributed by atoms with Crippen LogP contribution in [0.4, 0.5) is 17.3 Å². The number of benzene rings is 1. The lowest BCUT2D eigenvalue weighted by Gasteiger charge is -2.34. The molecule has 1 fully saturated rings. The Labute approximate surface area is 198 Å². The summed E-state index contributed by atoms with van der Waals surface area (Å²) in [7, 11) is 2.17. The predicted octanol–water partition coefficient (Wildman–Crippen LogP) is 4.09. The van der Waals surface area contributed by atoms with Crippen LogP contribution in [-0.4, -0.2) is 58.4 Å². The van der Waals surface area contributed by atoms with Crippen LogP contribution >= 0.6 is 11.8 Å². The Morgan fingerprint density at radius 2 is 1.85 bits per heavy atom. The Balaban J connectivity index is 1.44. The first-order chi connectivity index (χ1) is 16.0. The maximum atomic E-state index is 13.2. The van der Waals surface area contributed by atoms with Crippen molar-refractivity contribution in [3.63, 3.8) is 0 Å². The minimum Gasteiger partial charge on any atom is -0.369 e. The van der Waals surface area contributed by atoms with E-state index in [0.29, 0.717) is 18.1 Å². The van der Waals surface area contributed by atoms with Crippen molar-refractivity contribution in [2.45, 2.75) is 26.8 Å². The summed E-state index contributed by atoms with van der Waals surface area (Å²) in [5, 5.41) is 4.26. The zero-order chi connectivity index (χ0) is 22.9. The van der Waals surface area contributed by atoms with E-state index in [-0.39, 0.29) is 5.56 Å². The summed E-state index contributed by atoms with van der Waals surface area (Å²) < 4.78 is 1.76. The Hall–Kier alpha value is -2.84. The number of likely N-dealkylation sites (N-methyl/N-ethyl adjacent to an activating group) is 1. The van der Waals surface area contributed by atoms with E-state index in [4.69, 9.17) is 9.97 Å². The molecule has 33 heavy (non-hydrogen) atoms. The van der Waals surface area contributed by atoms with Crippen molar-refractivity contribution >= 4 is 45.0 Å². The molecule has 4 heterocycles. The molecular formula is C25H30N6OS. The van der Waals surface area contributed by atoms with Gasteiger partial charge in [0.05, 0.1) is 11.3 Å². The van der Waals surface area contributed by atoms with Crippen molar-refractivity contribution in [3.8, 4) is 0 Å². The van der Waals surface area contributed by atoms with Gasteiger partial charge in [-0.1, -0.05) is 6.08 Å². The number of nitrogens with zero attached hydrogens (tertiary/aromatic N) is 5. The molecule has 0 spiro atoms. The number of fused-ring (bicyclic) bond motifs is 1. The second-order valence-corrected chi connectivity index (χ2v) is 9.78. The summed E-state index contributed by atoms with van der Waals surface area (Å²) in [6.07, 6.45) is 3.17. The average Bonchev–Trinajstić information content (AvgIpc) is 3.35. The van der Waals surface area contributed by atoms with E-state index in [1.807, 2.05) is 19.9 Å². The molecule has 1 aromatic carbocycles. The van der Waals surface area contributed by atoms with Crippen LogP contribution in [0.15, 0.2) is 41.2 Å². The molecule has 0 aliphatic carbocycles. The molecule has 0 saturated carbocycles. The van der Waals surface area contributed by atoms with Gasteiger partial charge >= 0.3 is 0 Å². The summed E-state index contributed by atoms with van der Waals surface area (Å²) in [6.45, 7) is 8.79. The average molecular weight is 463 g/mol. The Bertz CT molecular complexity index is 1260. The maximum Gasteiger partial charge on any atom is 0.260 e. The van der Waals surface area contributed by atoms with E-state index in [1.165, 1.54) is 5.69 Å². The molecule has 0 amide bonds. The molecule has 0 unspecified atom stereocenters. The molecule has 172 valence electrons. The van der Waals surface area contributed by atoms with Crippen LogP contribution in [0.3, 0.4) is 0 Å². The summed E-state index contributed by atoms with van der Waals surface area (Å²) in [5.41, 5.74) is 4.49. The normalized spacial score (nSPS) is 16.9. The number of pyridine rings is 1. The number of hydrogen-bond acceptors (Lipinski definition) is 7. The quantitative estimate of drug-likeness (QED) is 0.612. The van der Waals surface area contributed by atoms with Crippen LogP contribution in [-0.2, 0) is 6.54 Å². The number of thioether (sulfide) groups is 1. The zero-order valence-electron chi connectivity index (χ0n) is 19.5. The molecule has 2 aromatic heterocycles. The van der Waals surface area contributed by atoms with Gasteiger partial charge in [-0.2, -0.15) is 4.98 Å². The van der Waals surface area contributed by atoms with Gasteiger partial charge in [0, 0.05) is 60.1 Å². The maximum absolute atomic E-state index is 13.2. The minimum atomic E-state index is 0.0197. The Kier molecular flexibility index (Phi) is 6.12. The van der Waals surface area contributed by atoms with Crippen LogP contribution in [0.25, 0.3) is 15.9 Å². The monoisotopic (exact) mass is 462 g/mol. The van der Waals surface area contributed by atoms with Gasteiger partial charge < -0.3 is 15.1 Å². The summed E-state index contributed by atoms with van der Waals surface area (Å²) in [5.74, 6) is 1.54. The molecule has 1 saturated heterocycles. The molecular weight excluding hydrogens is 432 g/mol. The number of anilines is 3. The number of nitrogens with one attached hydrogen (secondary N) is 1. The third kappa shape index (κ3) is 4.37. The smallest absolute Gasteiger partial charge is 0.260 e. The number of hydrogen-bond donors (Lipinski definition) is 1. The van der Waals surface area contributed by atoms with Crippen LogP contribution in [0.1, 0.15) is 24.6 Å². The van der Waals surface area contributed by atoms with E-state index in [2.05, 4.69) is 52.5 Å². The van der Waals surface area contributed by atoms with Gasteiger partial charge in [-0.3, -0.25) is 9.36 Å². The van der Waals surface area contributed by atoms with Crippen molar-refractivity contribution in [2.24, 2.45) is 0 Å². The lowest BCUT2D eigenvalue weighted by molar-refractivity contribution is 0.313. The van der Waals surface area contributed by atoms with Gasteiger partial charge in [-0.25, -0.2) is 4.98 Å². The second kappa shape index (κ2) is 9.19. The first-order valence-electron chi connectivity index (χ1n) is 11.6. The van der Waals surface area contributed by atoms with Crippen LogP contribution < -0.4 is 15.8 Å². The number of allylic oxidation sites excluding steroid dienone is 1. The van der Waals surface area contributed by atoms with Crippen LogP contribution in [0.2, 0.25) is 0 Å². The molecule has 8 heteroatoms. The molecule has 1 N–H and O–H groups in total. The SMILES string of the molecule is CCn1c(=O)c(C2=CCCS2)cc2c(C)nc(Nc3ccc(N4CCN(C)CC4)cc3)nc21. The molecule has 5 rings (SSSR count). The van der Waals surface area contributed by atoms with E-state index >= 15 is 0 Å². The van der Waals surface area contributed by atoms with E-state index in [1.54, 1.807) is 16.3 Å². The topological polar surface area (TPSA) is 66.3 Å². The van der Waals surface area contributed by atoms with Crippen molar-refractivity contribution in [1.29, 1.82) is 0 Å². The van der Waals surface area contributed by atoms with Crippen molar-refractivity contribution in [3.05, 3.63) is 58.0 Å². The molecule has 2 aliphatic rings. The fourth-order valence-electron chi connectivity index (χ4n) is 4.47. The van der Waals surface area contributed by atoms with Gasteiger partial charge in [-0.15, -0.1) is 11.8 Å². The van der Waals surface area contributed by atoms with E-state index in [0.717, 1.165) is 65.6 Å². The van der Waals surface area contributed by atoms with E-state index < -0.39 is 0 Å². The number of piperazine rings is 1. The first-order valence-corrected chi connectivity index (χ1v) is 12.6. The van der Waals surface area contributed by atoms with Crippen molar-refractivity contribution < 1.29 is 0 Å². The fourth-order valence-corrected chi connectivity index (χ4v) is 5.46. The predicted molar refractivity (Wildman–Crippen MR) is 139 cm³/mol. The number of aryl methyl sites for hydroxylation is 2. The number of aromatic nitrogens is 3. The molecule has 0 bridgehead atoms. The van der Waals surface area contributed by atoms with Gasteiger partial charge in [0.1, 0.15) is 5.65 Å². The largest absolute Gasteiger partial charge is 0.369 e. The Morgan fingerprint density at radius 1 is 1.09 bits per heavy atom. The fraction of sp³-hybridized carbons (Fsp3) is 0.400. The van der Waals surface area contributed by atoms with E-state index in [9.17, 15) is 4.79 Å². The molecule has 2 aliphatic heterocycles. The first kappa shape index (κ1) is 22.0. The highest BCUT2D eigenvalue weighted by Gasteiger charge is 2.18. The van der Waals surface area contributed by atoms with Crippen molar-refractivity contribution in [2.75, 3.05) is 49.2 Å². The van der Waals surface area contributed by atoms with Crippen LogP contribution in [0, 0.1) is 6.92 Å². The van der Waals surface area contributed by atoms with Gasteiger partial charge in [-0.05, 0) is 57.6 Å². The molecule has 7 nitrogen and oxygen atoms in total. The van der Waals surface area contributed by atoms with Gasteiger partial charge in [0.25, 0.3) is 5.56 Å². The van der Waals surface area contributed by atoms with Gasteiger partial charge in [0.15, 0.2) is 0 Å². The highest BCUT2D eigenvalue weighted by atomic mass is 32.2. The molecule has 0 atom stereocenters. The van der Waals surface area contributed by atoms with Crippen molar-refractivity contribution in [1.82, 2.24) is 19.4 Å². The lowest BCUT2D eigenvalue weighted by atomic mass is 10.1. The summed E-state index contributed by atoms with van der Waals surface area (Å²) >= 11 is 1.75. The highest BCUT2D eigenvalue weighted by molar-refractivity contribution is 8.08. The number of rotatable bonds is 5. The third-order valence-corrected chi connectivity index (χ3v) is 7.55. The molecule has 0 radical (unpaired) electrons. The lowest BCUT2D eigenvalue weighted by Crippen LogP contribution is -2.44. The highest BCUT2D eigenvalue weighted by Crippen LogP contribution is 2.33. The summed E-state index contributed by atoms with van der Waals surface area (Å²) in [4.78, 5) is 28.5. The zero-order valence-corrected chi connectivity index (χ0v) is 20.3. The second-order valence-electron chi connectivity index (χ2n) is 8.65. The molecule has 3 aromatic rings. The minimum absolute atomic E-state index is 0.0197. The van der Waals surface area contributed by atoms with Gasteiger partial charge in [0.2, 0.25) is 5.95 Å².